The number of carbonyl (C=O) groups is 1. The van der Waals surface area contributed by atoms with Gasteiger partial charge in [-0.15, -0.1) is 10.2 Å². The molecule has 0 N–H and O–H groups in total. The molecule has 0 aliphatic heterocycles. The number of amides is 1. The number of hydrogen-bond donors (Lipinski definition) is 0. The first-order valence-corrected chi connectivity index (χ1v) is 12.5. The third kappa shape index (κ3) is 6.22. The predicted octanol–water partition coefficient (Wildman–Crippen LogP) is 6.07. The van der Waals surface area contributed by atoms with E-state index in [0.29, 0.717) is 6.42 Å². The summed E-state index contributed by atoms with van der Waals surface area (Å²) in [5.41, 5.74) is 4.53. The first-order chi connectivity index (χ1) is 15.5. The SMILES string of the molecule is CCCN(CCC)C(=O)CCCSc1nnc(-c2ccc(C)cc2)n1-c1ccc(C)cc1. The topological polar surface area (TPSA) is 51.0 Å². The van der Waals surface area contributed by atoms with Gasteiger partial charge in [0.15, 0.2) is 11.0 Å². The monoisotopic (exact) mass is 450 g/mol. The van der Waals surface area contributed by atoms with Gasteiger partial charge in [-0.2, -0.15) is 0 Å². The van der Waals surface area contributed by atoms with Crippen molar-refractivity contribution >= 4 is 17.7 Å². The number of benzene rings is 2. The summed E-state index contributed by atoms with van der Waals surface area (Å²) in [5, 5.41) is 9.88. The zero-order chi connectivity index (χ0) is 22.9. The zero-order valence-corrected chi connectivity index (χ0v) is 20.5. The molecule has 1 aromatic heterocycles. The summed E-state index contributed by atoms with van der Waals surface area (Å²) in [5.74, 6) is 1.93. The molecule has 0 spiro atoms. The van der Waals surface area contributed by atoms with Crippen molar-refractivity contribution in [3.8, 4) is 17.1 Å². The molecule has 0 saturated carbocycles. The molecule has 0 bridgehead atoms. The molecule has 6 heteroatoms. The van der Waals surface area contributed by atoms with Crippen LogP contribution in [0.5, 0.6) is 0 Å². The summed E-state index contributed by atoms with van der Waals surface area (Å²) in [7, 11) is 0. The highest BCUT2D eigenvalue weighted by molar-refractivity contribution is 7.99. The largest absolute Gasteiger partial charge is 0.343 e. The number of hydrogen-bond acceptors (Lipinski definition) is 4. The Hall–Kier alpha value is -2.60. The Labute approximate surface area is 196 Å². The minimum absolute atomic E-state index is 0.259. The molecule has 0 saturated heterocycles. The van der Waals surface area contributed by atoms with E-state index in [0.717, 1.165) is 60.3 Å². The Balaban J connectivity index is 1.74. The minimum atomic E-state index is 0.259. The summed E-state index contributed by atoms with van der Waals surface area (Å²) < 4.78 is 2.12. The predicted molar refractivity (Wildman–Crippen MR) is 133 cm³/mol. The molecule has 0 aliphatic rings. The molecule has 0 fully saturated rings. The molecule has 170 valence electrons. The van der Waals surface area contributed by atoms with Crippen LogP contribution in [0.2, 0.25) is 0 Å². The van der Waals surface area contributed by atoms with E-state index in [1.807, 2.05) is 4.90 Å². The second-order valence-corrected chi connectivity index (χ2v) is 9.24. The van der Waals surface area contributed by atoms with Gasteiger partial charge in [0, 0.05) is 36.5 Å². The van der Waals surface area contributed by atoms with Crippen molar-refractivity contribution in [3.63, 3.8) is 0 Å². The van der Waals surface area contributed by atoms with E-state index in [1.54, 1.807) is 11.8 Å². The number of thioether (sulfide) groups is 1. The van der Waals surface area contributed by atoms with Crippen LogP contribution in [0.3, 0.4) is 0 Å². The molecule has 3 rings (SSSR count). The van der Waals surface area contributed by atoms with Gasteiger partial charge in [-0.1, -0.05) is 73.1 Å². The van der Waals surface area contributed by atoms with Crippen molar-refractivity contribution < 1.29 is 4.79 Å². The van der Waals surface area contributed by atoms with E-state index in [2.05, 4.69) is 91.0 Å². The molecule has 0 unspecified atom stereocenters. The molecule has 0 aliphatic carbocycles. The highest BCUT2D eigenvalue weighted by Crippen LogP contribution is 2.29. The molecule has 0 atom stereocenters. The number of aryl methyl sites for hydroxylation is 2. The molecule has 32 heavy (non-hydrogen) atoms. The van der Waals surface area contributed by atoms with Crippen LogP contribution in [0.4, 0.5) is 0 Å². The molecule has 2 aromatic carbocycles. The average molecular weight is 451 g/mol. The molecule has 3 aromatic rings. The fraction of sp³-hybridized carbons (Fsp3) is 0.423. The van der Waals surface area contributed by atoms with Gasteiger partial charge >= 0.3 is 0 Å². The standard InChI is InChI=1S/C26H34N4OS/c1-5-17-29(18-6-2)24(31)8-7-19-32-26-28-27-25(22-13-9-20(3)10-14-22)30(26)23-15-11-21(4)12-16-23/h9-16H,5-8,17-19H2,1-4H3. The first kappa shape index (κ1) is 24.1. The van der Waals surface area contributed by atoms with E-state index < -0.39 is 0 Å². The summed E-state index contributed by atoms with van der Waals surface area (Å²) in [4.78, 5) is 14.5. The van der Waals surface area contributed by atoms with E-state index >= 15 is 0 Å². The summed E-state index contributed by atoms with van der Waals surface area (Å²) in [6.07, 6.45) is 3.41. The van der Waals surface area contributed by atoms with Crippen molar-refractivity contribution in [1.82, 2.24) is 19.7 Å². The second kappa shape index (κ2) is 11.9. The van der Waals surface area contributed by atoms with E-state index in [9.17, 15) is 4.79 Å². The Bertz CT molecular complexity index is 990. The quantitative estimate of drug-likeness (QED) is 0.263. The maximum absolute atomic E-state index is 12.6. The van der Waals surface area contributed by atoms with Crippen LogP contribution in [-0.4, -0.2) is 44.4 Å². The van der Waals surface area contributed by atoms with Crippen molar-refractivity contribution in [1.29, 1.82) is 0 Å². The van der Waals surface area contributed by atoms with E-state index in [-0.39, 0.29) is 5.91 Å². The van der Waals surface area contributed by atoms with Crippen LogP contribution in [0, 0.1) is 13.8 Å². The lowest BCUT2D eigenvalue weighted by Crippen LogP contribution is -2.32. The van der Waals surface area contributed by atoms with Crippen LogP contribution in [0.25, 0.3) is 17.1 Å². The smallest absolute Gasteiger partial charge is 0.222 e. The Morgan fingerprint density at radius 2 is 1.50 bits per heavy atom. The Morgan fingerprint density at radius 1 is 0.906 bits per heavy atom. The summed E-state index contributed by atoms with van der Waals surface area (Å²) in [6, 6.07) is 16.8. The van der Waals surface area contributed by atoms with Gasteiger partial charge in [-0.05, 0) is 45.2 Å². The second-order valence-electron chi connectivity index (χ2n) is 8.18. The lowest BCUT2D eigenvalue weighted by Gasteiger charge is -2.21. The molecule has 5 nitrogen and oxygen atoms in total. The Kier molecular flexibility index (Phi) is 8.91. The van der Waals surface area contributed by atoms with Crippen LogP contribution in [-0.2, 0) is 4.79 Å². The lowest BCUT2D eigenvalue weighted by atomic mass is 10.1. The van der Waals surface area contributed by atoms with Gasteiger partial charge in [0.1, 0.15) is 0 Å². The van der Waals surface area contributed by atoms with Crippen molar-refractivity contribution in [2.45, 2.75) is 58.5 Å². The number of carbonyl (C=O) groups excluding carboxylic acids is 1. The number of aromatic nitrogens is 3. The maximum Gasteiger partial charge on any atom is 0.222 e. The highest BCUT2D eigenvalue weighted by Gasteiger charge is 2.17. The van der Waals surface area contributed by atoms with Gasteiger partial charge in [0.05, 0.1) is 0 Å². The third-order valence-corrected chi connectivity index (χ3v) is 6.36. The summed E-state index contributed by atoms with van der Waals surface area (Å²) in [6.45, 7) is 10.1. The van der Waals surface area contributed by atoms with Gasteiger partial charge < -0.3 is 4.90 Å². The normalized spacial score (nSPS) is 11.0. The van der Waals surface area contributed by atoms with Gasteiger partial charge in [-0.3, -0.25) is 9.36 Å². The molecular formula is C26H34N4OS. The molecule has 1 amide bonds. The third-order valence-electron chi connectivity index (χ3n) is 5.34. The van der Waals surface area contributed by atoms with E-state index in [4.69, 9.17) is 0 Å². The fourth-order valence-corrected chi connectivity index (χ4v) is 4.52. The van der Waals surface area contributed by atoms with Gasteiger partial charge in [0.2, 0.25) is 5.91 Å². The Morgan fingerprint density at radius 3 is 2.09 bits per heavy atom. The minimum Gasteiger partial charge on any atom is -0.343 e. The molecule has 1 heterocycles. The van der Waals surface area contributed by atoms with Crippen molar-refractivity contribution in [3.05, 3.63) is 59.7 Å². The van der Waals surface area contributed by atoms with Crippen LogP contribution >= 0.6 is 11.8 Å². The van der Waals surface area contributed by atoms with Crippen LogP contribution < -0.4 is 0 Å². The average Bonchev–Trinajstić information content (AvgIpc) is 3.21. The van der Waals surface area contributed by atoms with Crippen molar-refractivity contribution in [2.75, 3.05) is 18.8 Å². The lowest BCUT2D eigenvalue weighted by molar-refractivity contribution is -0.131. The first-order valence-electron chi connectivity index (χ1n) is 11.5. The molecule has 0 radical (unpaired) electrons. The van der Waals surface area contributed by atoms with Gasteiger partial charge in [0.25, 0.3) is 0 Å². The summed E-state index contributed by atoms with van der Waals surface area (Å²) >= 11 is 1.66. The van der Waals surface area contributed by atoms with Crippen molar-refractivity contribution in [2.24, 2.45) is 0 Å². The van der Waals surface area contributed by atoms with E-state index in [1.165, 1.54) is 11.1 Å². The maximum atomic E-state index is 12.6. The molecular weight excluding hydrogens is 416 g/mol. The van der Waals surface area contributed by atoms with Crippen LogP contribution in [0.15, 0.2) is 53.7 Å². The fourth-order valence-electron chi connectivity index (χ4n) is 3.63. The number of rotatable bonds is 11. The van der Waals surface area contributed by atoms with Crippen LogP contribution in [0.1, 0.15) is 50.7 Å². The van der Waals surface area contributed by atoms with Gasteiger partial charge in [-0.25, -0.2) is 0 Å². The highest BCUT2D eigenvalue weighted by atomic mass is 32.2. The number of nitrogens with zero attached hydrogens (tertiary/aromatic N) is 4. The zero-order valence-electron chi connectivity index (χ0n) is 19.7.